The van der Waals surface area contributed by atoms with Gasteiger partial charge in [0.05, 0.1) is 0 Å². The number of hydrogen-bond donors (Lipinski definition) is 0. The zero-order chi connectivity index (χ0) is 17.6. The van der Waals surface area contributed by atoms with E-state index in [-0.39, 0.29) is 0 Å². The third-order valence-corrected chi connectivity index (χ3v) is 6.85. The fourth-order valence-corrected chi connectivity index (χ4v) is 4.77. The maximum absolute atomic E-state index is 2.52. The van der Waals surface area contributed by atoms with Gasteiger partial charge < -0.3 is 4.90 Å². The van der Waals surface area contributed by atoms with Crippen LogP contribution in [0.4, 0.5) is 0 Å². The standard InChI is InChI=1S/C22H45N/c1-9-18(6)22(20(16(2)3)13-14-23(7)8)15-21(17(4)5)19-11-10-12-19/h16-22H,9-15H2,1-8H3. The van der Waals surface area contributed by atoms with Gasteiger partial charge in [-0.05, 0) is 74.9 Å². The second-order valence-electron chi connectivity index (χ2n) is 9.38. The number of hydrogen-bond acceptors (Lipinski definition) is 1. The van der Waals surface area contributed by atoms with Crippen molar-refractivity contribution in [2.24, 2.45) is 41.4 Å². The summed E-state index contributed by atoms with van der Waals surface area (Å²) >= 11 is 0. The van der Waals surface area contributed by atoms with Gasteiger partial charge >= 0.3 is 0 Å². The fraction of sp³-hybridized carbons (Fsp3) is 1.00. The molecule has 0 saturated heterocycles. The highest BCUT2D eigenvalue weighted by Gasteiger charge is 2.36. The van der Waals surface area contributed by atoms with Gasteiger partial charge in [-0.3, -0.25) is 0 Å². The van der Waals surface area contributed by atoms with E-state index >= 15 is 0 Å². The molecule has 0 amide bonds. The van der Waals surface area contributed by atoms with Crippen LogP contribution in [0, 0.1) is 41.4 Å². The molecule has 0 aromatic heterocycles. The van der Waals surface area contributed by atoms with Crippen LogP contribution in [0.2, 0.25) is 0 Å². The van der Waals surface area contributed by atoms with E-state index in [2.05, 4.69) is 60.5 Å². The van der Waals surface area contributed by atoms with Gasteiger partial charge in [-0.1, -0.05) is 67.2 Å². The topological polar surface area (TPSA) is 3.24 Å². The second-order valence-corrected chi connectivity index (χ2v) is 9.38. The van der Waals surface area contributed by atoms with Gasteiger partial charge in [0.1, 0.15) is 0 Å². The van der Waals surface area contributed by atoms with Crippen LogP contribution in [0.3, 0.4) is 0 Å². The summed E-state index contributed by atoms with van der Waals surface area (Å²) in [7, 11) is 4.45. The Morgan fingerprint density at radius 2 is 1.52 bits per heavy atom. The summed E-state index contributed by atoms with van der Waals surface area (Å²) in [5.74, 6) is 6.32. The molecule has 4 unspecified atom stereocenters. The molecule has 1 fully saturated rings. The molecular weight excluding hydrogens is 278 g/mol. The van der Waals surface area contributed by atoms with Gasteiger partial charge in [0.25, 0.3) is 0 Å². The maximum Gasteiger partial charge on any atom is -0.00220 e. The Morgan fingerprint density at radius 3 is 1.87 bits per heavy atom. The summed E-state index contributed by atoms with van der Waals surface area (Å²) in [6.07, 6.45) is 8.67. The molecule has 1 aliphatic carbocycles. The lowest BCUT2D eigenvalue weighted by molar-refractivity contribution is 0.0717. The Balaban J connectivity index is 2.85. The lowest BCUT2D eigenvalue weighted by atomic mass is 9.63. The monoisotopic (exact) mass is 323 g/mol. The first kappa shape index (κ1) is 21.0. The molecule has 0 bridgehead atoms. The van der Waals surface area contributed by atoms with E-state index in [0.29, 0.717) is 0 Å². The first-order chi connectivity index (χ1) is 10.8. The van der Waals surface area contributed by atoms with E-state index in [1.54, 1.807) is 0 Å². The van der Waals surface area contributed by atoms with Crippen molar-refractivity contribution in [3.63, 3.8) is 0 Å². The Morgan fingerprint density at radius 1 is 0.913 bits per heavy atom. The van der Waals surface area contributed by atoms with Crippen LogP contribution in [0.25, 0.3) is 0 Å². The van der Waals surface area contributed by atoms with Crippen LogP contribution in [0.15, 0.2) is 0 Å². The minimum atomic E-state index is 0.808. The highest BCUT2D eigenvalue weighted by Crippen LogP contribution is 2.45. The van der Waals surface area contributed by atoms with Crippen molar-refractivity contribution in [2.45, 2.75) is 80.1 Å². The Bertz CT molecular complexity index is 303. The number of nitrogens with zero attached hydrogens (tertiary/aromatic N) is 1. The molecule has 1 rings (SSSR count). The van der Waals surface area contributed by atoms with Crippen molar-refractivity contribution >= 4 is 0 Å². The summed E-state index contributed by atoms with van der Waals surface area (Å²) in [5.41, 5.74) is 0. The Labute approximate surface area is 147 Å². The van der Waals surface area contributed by atoms with E-state index in [1.807, 2.05) is 0 Å². The van der Waals surface area contributed by atoms with Crippen LogP contribution in [-0.2, 0) is 0 Å². The van der Waals surface area contributed by atoms with Crippen molar-refractivity contribution in [1.82, 2.24) is 4.90 Å². The molecule has 0 radical (unpaired) electrons. The van der Waals surface area contributed by atoms with E-state index in [4.69, 9.17) is 0 Å². The zero-order valence-electron chi connectivity index (χ0n) is 17.4. The molecule has 138 valence electrons. The summed E-state index contributed by atoms with van der Waals surface area (Å²) in [5, 5.41) is 0. The van der Waals surface area contributed by atoms with E-state index in [9.17, 15) is 0 Å². The average Bonchev–Trinajstić information content (AvgIpc) is 2.41. The van der Waals surface area contributed by atoms with Crippen LogP contribution >= 0.6 is 0 Å². The van der Waals surface area contributed by atoms with E-state index < -0.39 is 0 Å². The third kappa shape index (κ3) is 6.40. The van der Waals surface area contributed by atoms with Crippen molar-refractivity contribution in [2.75, 3.05) is 20.6 Å². The second kappa shape index (κ2) is 10.1. The molecule has 0 aromatic carbocycles. The Kier molecular flexibility index (Phi) is 9.19. The van der Waals surface area contributed by atoms with Crippen molar-refractivity contribution in [1.29, 1.82) is 0 Å². The average molecular weight is 324 g/mol. The van der Waals surface area contributed by atoms with Gasteiger partial charge in [0, 0.05) is 0 Å². The summed E-state index contributed by atoms with van der Waals surface area (Å²) in [4.78, 5) is 2.37. The van der Waals surface area contributed by atoms with Gasteiger partial charge in [0.15, 0.2) is 0 Å². The van der Waals surface area contributed by atoms with Crippen molar-refractivity contribution in [3.8, 4) is 0 Å². The molecule has 0 N–H and O–H groups in total. The highest BCUT2D eigenvalue weighted by molar-refractivity contribution is 4.86. The van der Waals surface area contributed by atoms with Crippen LogP contribution in [0.5, 0.6) is 0 Å². The van der Waals surface area contributed by atoms with Gasteiger partial charge in [-0.25, -0.2) is 0 Å². The minimum absolute atomic E-state index is 0.808. The minimum Gasteiger partial charge on any atom is -0.309 e. The summed E-state index contributed by atoms with van der Waals surface area (Å²) < 4.78 is 0. The third-order valence-electron chi connectivity index (χ3n) is 6.85. The predicted molar refractivity (Wildman–Crippen MR) is 105 cm³/mol. The molecular formula is C22H45N. The zero-order valence-corrected chi connectivity index (χ0v) is 17.4. The Hall–Kier alpha value is -0.0400. The molecule has 1 aliphatic rings. The largest absolute Gasteiger partial charge is 0.309 e. The number of rotatable bonds is 11. The molecule has 0 heterocycles. The van der Waals surface area contributed by atoms with E-state index in [1.165, 1.54) is 45.1 Å². The smallest absolute Gasteiger partial charge is 0.00220 e. The highest BCUT2D eigenvalue weighted by atomic mass is 15.0. The first-order valence-corrected chi connectivity index (χ1v) is 10.4. The molecule has 1 nitrogen and oxygen atoms in total. The summed E-state index contributed by atoms with van der Waals surface area (Å²) in [6, 6.07) is 0. The molecule has 1 saturated carbocycles. The molecule has 0 aliphatic heterocycles. The van der Waals surface area contributed by atoms with Crippen LogP contribution in [0.1, 0.15) is 80.1 Å². The predicted octanol–water partition coefficient (Wildman–Crippen LogP) is 6.34. The van der Waals surface area contributed by atoms with Crippen molar-refractivity contribution in [3.05, 3.63) is 0 Å². The molecule has 0 spiro atoms. The molecule has 4 atom stereocenters. The lowest BCUT2D eigenvalue weighted by Crippen LogP contribution is -2.35. The molecule has 1 heteroatoms. The maximum atomic E-state index is 2.52. The fourth-order valence-electron chi connectivity index (χ4n) is 4.77. The van der Waals surface area contributed by atoms with Crippen LogP contribution in [-0.4, -0.2) is 25.5 Å². The summed E-state index contributed by atoms with van der Waals surface area (Å²) in [6.45, 7) is 16.0. The lowest BCUT2D eigenvalue weighted by Gasteiger charge is -2.43. The van der Waals surface area contributed by atoms with Gasteiger partial charge in [0.2, 0.25) is 0 Å². The molecule has 0 aromatic rings. The van der Waals surface area contributed by atoms with Crippen LogP contribution < -0.4 is 0 Å². The van der Waals surface area contributed by atoms with Crippen molar-refractivity contribution < 1.29 is 0 Å². The van der Waals surface area contributed by atoms with Gasteiger partial charge in [-0.15, -0.1) is 0 Å². The van der Waals surface area contributed by atoms with Gasteiger partial charge in [-0.2, -0.15) is 0 Å². The normalized spacial score (nSPS) is 21.5. The first-order valence-electron chi connectivity index (χ1n) is 10.4. The quantitative estimate of drug-likeness (QED) is 0.429. The molecule has 23 heavy (non-hydrogen) atoms. The SMILES string of the molecule is CCC(C)C(CC(C(C)C)C1CCC1)C(CCN(C)C)C(C)C. The van der Waals surface area contributed by atoms with E-state index in [0.717, 1.165) is 41.4 Å².